The molecule has 1 aliphatic carbocycles. The van der Waals surface area contributed by atoms with Gasteiger partial charge in [0.2, 0.25) is 0 Å². The Morgan fingerprint density at radius 3 is 2.83 bits per heavy atom. The zero-order valence-electron chi connectivity index (χ0n) is 10.8. The fraction of sp³-hybridized carbons (Fsp3) is 0.643. The molecule has 1 saturated carbocycles. The van der Waals surface area contributed by atoms with Crippen molar-refractivity contribution in [1.82, 2.24) is 5.32 Å². The van der Waals surface area contributed by atoms with Gasteiger partial charge in [0, 0.05) is 23.4 Å². The van der Waals surface area contributed by atoms with E-state index >= 15 is 0 Å². The molecule has 2 unspecified atom stereocenters. The van der Waals surface area contributed by atoms with Gasteiger partial charge in [0.05, 0.1) is 4.88 Å². The molecule has 0 radical (unpaired) electrons. The van der Waals surface area contributed by atoms with E-state index < -0.39 is 0 Å². The molecule has 2 N–H and O–H groups in total. The first-order valence-corrected chi connectivity index (χ1v) is 7.50. The van der Waals surface area contributed by atoms with Crippen LogP contribution in [-0.4, -0.2) is 23.7 Å². The number of rotatable bonds is 3. The van der Waals surface area contributed by atoms with Gasteiger partial charge in [-0.25, -0.2) is 0 Å². The van der Waals surface area contributed by atoms with Crippen LogP contribution in [-0.2, 0) is 0 Å². The van der Waals surface area contributed by atoms with Crippen molar-refractivity contribution in [3.05, 3.63) is 21.9 Å². The number of carbonyl (C=O) groups is 1. The van der Waals surface area contributed by atoms with Crippen molar-refractivity contribution < 1.29 is 9.90 Å². The molecule has 18 heavy (non-hydrogen) atoms. The molecule has 2 atom stereocenters. The van der Waals surface area contributed by atoms with Crippen LogP contribution < -0.4 is 5.32 Å². The van der Waals surface area contributed by atoms with Crippen LogP contribution in [0.25, 0.3) is 0 Å². The fourth-order valence-corrected chi connectivity index (χ4v) is 3.36. The van der Waals surface area contributed by atoms with Crippen molar-refractivity contribution in [2.24, 2.45) is 5.92 Å². The number of amides is 1. The molecule has 2 rings (SSSR count). The second-order valence-electron chi connectivity index (χ2n) is 5.07. The topological polar surface area (TPSA) is 49.3 Å². The average Bonchev–Trinajstić information content (AvgIpc) is 2.67. The quantitative estimate of drug-likeness (QED) is 0.827. The zero-order chi connectivity index (χ0) is 13.0. The highest BCUT2D eigenvalue weighted by Gasteiger charge is 2.25. The van der Waals surface area contributed by atoms with E-state index in [0.717, 1.165) is 35.4 Å². The lowest BCUT2D eigenvalue weighted by atomic mass is 9.95. The van der Waals surface area contributed by atoms with Crippen LogP contribution in [0.5, 0.6) is 0 Å². The molecule has 3 nitrogen and oxygen atoms in total. The lowest BCUT2D eigenvalue weighted by Gasteiger charge is -2.24. The van der Waals surface area contributed by atoms with E-state index in [1.54, 1.807) is 0 Å². The number of nitrogens with one attached hydrogen (secondary N) is 1. The summed E-state index contributed by atoms with van der Waals surface area (Å²) in [5.41, 5.74) is 0. The molecule has 1 fully saturated rings. The van der Waals surface area contributed by atoms with Gasteiger partial charge in [0.15, 0.2) is 0 Å². The fourth-order valence-electron chi connectivity index (χ4n) is 2.59. The number of hydrogen-bond acceptors (Lipinski definition) is 3. The van der Waals surface area contributed by atoms with Crippen LogP contribution in [0.3, 0.4) is 0 Å². The number of aliphatic hydroxyl groups is 1. The van der Waals surface area contributed by atoms with Gasteiger partial charge in [-0.3, -0.25) is 4.79 Å². The molecule has 1 amide bonds. The van der Waals surface area contributed by atoms with Crippen LogP contribution in [0.1, 0.15) is 46.7 Å². The summed E-state index contributed by atoms with van der Waals surface area (Å²) in [5.74, 6) is 0.232. The van der Waals surface area contributed by atoms with Gasteiger partial charge in [0.25, 0.3) is 5.91 Å². The second kappa shape index (κ2) is 6.34. The van der Waals surface area contributed by atoms with Gasteiger partial charge >= 0.3 is 0 Å². The summed E-state index contributed by atoms with van der Waals surface area (Å²) in [6.45, 7) is 2.18. The molecule has 1 aromatic rings. The molecule has 1 aromatic heterocycles. The first kappa shape index (κ1) is 13.6. The third kappa shape index (κ3) is 3.33. The second-order valence-corrected chi connectivity index (χ2v) is 6.36. The third-order valence-corrected chi connectivity index (χ3v) is 4.67. The summed E-state index contributed by atoms with van der Waals surface area (Å²) in [6.07, 6.45) is 5.52. The van der Waals surface area contributed by atoms with Gasteiger partial charge in [-0.05, 0) is 31.9 Å². The Bertz CT molecular complexity index is 402. The Balaban J connectivity index is 1.99. The maximum atomic E-state index is 12.1. The minimum absolute atomic E-state index is 0.0125. The Morgan fingerprint density at radius 2 is 2.17 bits per heavy atom. The van der Waals surface area contributed by atoms with Crippen molar-refractivity contribution in [2.45, 2.75) is 45.1 Å². The summed E-state index contributed by atoms with van der Waals surface area (Å²) < 4.78 is 0. The predicted octanol–water partition coefficient (Wildman–Crippen LogP) is 2.73. The normalized spacial score (nSPS) is 24.6. The van der Waals surface area contributed by atoms with Gasteiger partial charge in [-0.15, -0.1) is 11.3 Å². The maximum Gasteiger partial charge on any atom is 0.261 e. The smallest absolute Gasteiger partial charge is 0.261 e. The van der Waals surface area contributed by atoms with E-state index in [1.807, 2.05) is 19.1 Å². The predicted molar refractivity (Wildman–Crippen MR) is 74.0 cm³/mol. The van der Waals surface area contributed by atoms with Crippen molar-refractivity contribution in [3.63, 3.8) is 0 Å². The summed E-state index contributed by atoms with van der Waals surface area (Å²) in [7, 11) is 0. The average molecular weight is 267 g/mol. The van der Waals surface area contributed by atoms with E-state index in [0.29, 0.717) is 0 Å². The summed E-state index contributed by atoms with van der Waals surface area (Å²) in [4.78, 5) is 14.0. The Labute approximate surface area is 112 Å². The lowest BCUT2D eigenvalue weighted by molar-refractivity contribution is 0.0903. The lowest BCUT2D eigenvalue weighted by Crippen LogP contribution is -2.40. The highest BCUT2D eigenvalue weighted by molar-refractivity contribution is 7.13. The van der Waals surface area contributed by atoms with Crippen molar-refractivity contribution >= 4 is 17.2 Å². The summed E-state index contributed by atoms with van der Waals surface area (Å²) >= 11 is 1.52. The Morgan fingerprint density at radius 1 is 1.39 bits per heavy atom. The largest absolute Gasteiger partial charge is 0.396 e. The van der Waals surface area contributed by atoms with E-state index in [-0.39, 0.29) is 24.5 Å². The van der Waals surface area contributed by atoms with Gasteiger partial charge in [0.1, 0.15) is 0 Å². The zero-order valence-corrected chi connectivity index (χ0v) is 11.6. The third-order valence-electron chi connectivity index (χ3n) is 3.67. The van der Waals surface area contributed by atoms with Crippen LogP contribution in [0.2, 0.25) is 0 Å². The minimum Gasteiger partial charge on any atom is -0.396 e. The van der Waals surface area contributed by atoms with Crippen LogP contribution in [0.15, 0.2) is 12.1 Å². The minimum atomic E-state index is 0.0125. The van der Waals surface area contributed by atoms with E-state index in [4.69, 9.17) is 0 Å². The number of aryl methyl sites for hydroxylation is 1. The van der Waals surface area contributed by atoms with Crippen molar-refractivity contribution in [1.29, 1.82) is 0 Å². The number of hydrogen-bond donors (Lipinski definition) is 2. The number of carbonyl (C=O) groups excluding carboxylic acids is 1. The molecule has 100 valence electrons. The summed E-state index contributed by atoms with van der Waals surface area (Å²) in [6, 6.07) is 3.98. The molecule has 0 saturated heterocycles. The van der Waals surface area contributed by atoms with E-state index in [1.165, 1.54) is 17.8 Å². The maximum absolute atomic E-state index is 12.1. The molecule has 1 aliphatic rings. The van der Waals surface area contributed by atoms with Crippen LogP contribution in [0, 0.1) is 12.8 Å². The van der Waals surface area contributed by atoms with Crippen molar-refractivity contribution in [3.8, 4) is 0 Å². The Hall–Kier alpha value is -0.870. The number of aliphatic hydroxyl groups excluding tert-OH is 1. The molecule has 0 spiro atoms. The standard InChI is InChI=1S/C14H21NO2S/c1-10-7-8-13(18-10)14(17)15-12-6-4-2-3-5-11(12)9-16/h7-8,11-12,16H,2-6,9H2,1H3,(H,15,17). The summed E-state index contributed by atoms with van der Waals surface area (Å²) in [5, 5.41) is 12.5. The molecular formula is C14H21NO2S. The molecule has 1 heterocycles. The van der Waals surface area contributed by atoms with Gasteiger partial charge in [-0.2, -0.15) is 0 Å². The van der Waals surface area contributed by atoms with E-state index in [9.17, 15) is 9.90 Å². The number of thiophene rings is 1. The van der Waals surface area contributed by atoms with E-state index in [2.05, 4.69) is 5.32 Å². The van der Waals surface area contributed by atoms with Gasteiger partial charge < -0.3 is 10.4 Å². The first-order chi connectivity index (χ1) is 8.70. The molecule has 0 aromatic carbocycles. The molecule has 0 aliphatic heterocycles. The highest BCUT2D eigenvalue weighted by atomic mass is 32.1. The molecular weight excluding hydrogens is 246 g/mol. The van der Waals surface area contributed by atoms with Crippen LogP contribution in [0.4, 0.5) is 0 Å². The van der Waals surface area contributed by atoms with Crippen molar-refractivity contribution in [2.75, 3.05) is 6.61 Å². The molecule has 0 bridgehead atoms. The van der Waals surface area contributed by atoms with Crippen LogP contribution >= 0.6 is 11.3 Å². The Kier molecular flexibility index (Phi) is 4.78. The molecule has 4 heteroatoms. The first-order valence-electron chi connectivity index (χ1n) is 6.69. The monoisotopic (exact) mass is 267 g/mol. The van der Waals surface area contributed by atoms with Gasteiger partial charge in [-0.1, -0.05) is 19.3 Å². The highest BCUT2D eigenvalue weighted by Crippen LogP contribution is 2.24. The SMILES string of the molecule is Cc1ccc(C(=O)NC2CCCCCC2CO)s1.